The first-order chi connectivity index (χ1) is 5.06. The van der Waals surface area contributed by atoms with Crippen molar-refractivity contribution in [2.75, 3.05) is 6.61 Å². The summed E-state index contributed by atoms with van der Waals surface area (Å²) >= 11 is 0. The van der Waals surface area contributed by atoms with Gasteiger partial charge in [-0.1, -0.05) is 12.8 Å². The van der Waals surface area contributed by atoms with Crippen LogP contribution in [0.15, 0.2) is 0 Å². The Morgan fingerprint density at radius 3 is 2.15 bits per heavy atom. The molecule has 0 aromatic carbocycles. The number of hydrogen-bond donors (Lipinski definition) is 0. The van der Waals surface area contributed by atoms with E-state index in [4.69, 9.17) is 0 Å². The maximum absolute atomic E-state index is 9.87. The fourth-order valence-corrected chi connectivity index (χ4v) is 0.939. The summed E-state index contributed by atoms with van der Waals surface area (Å²) in [6.07, 6.45) is 3.20. The molecule has 13 heavy (non-hydrogen) atoms. The summed E-state index contributed by atoms with van der Waals surface area (Å²) < 4.78 is 33.6. The van der Waals surface area contributed by atoms with Crippen molar-refractivity contribution in [3.63, 3.8) is 0 Å². The van der Waals surface area contributed by atoms with Gasteiger partial charge in [0.1, 0.15) is 0 Å². The Morgan fingerprint density at radius 1 is 1.23 bits per heavy atom. The van der Waals surface area contributed by atoms with E-state index < -0.39 is 10.4 Å². The molecule has 0 rings (SSSR count). The molecule has 0 aromatic heterocycles. The van der Waals surface area contributed by atoms with Gasteiger partial charge in [0.05, 0.1) is 6.61 Å². The van der Waals surface area contributed by atoms with Crippen LogP contribution >= 0.6 is 0 Å². The van der Waals surface area contributed by atoms with E-state index in [2.05, 4.69) is 11.1 Å². The van der Waals surface area contributed by atoms with Gasteiger partial charge in [0.2, 0.25) is 10.4 Å². The normalized spacial score (nSPS) is 10.0. The minimum atomic E-state index is -4.48. The first-order valence-electron chi connectivity index (χ1n) is 3.46. The standard InChI is InChI=1S/C6H13O4S.H2O.Zn/c1-2-3-4-5-6-10-11(7,8)9;;/h1-6H2,(H,7,8,9);1H2;/q-1;;+2/p-1. The molecule has 0 radical (unpaired) electrons. The first-order valence-corrected chi connectivity index (χ1v) is 4.79. The molecule has 0 spiro atoms. The molecule has 0 aromatic rings. The first kappa shape index (κ1) is 19.1. The average Bonchev–Trinajstić information content (AvgIpc) is 1.85. The Labute approximate surface area is 91.9 Å². The third-order valence-corrected chi connectivity index (χ3v) is 1.58. The van der Waals surface area contributed by atoms with Gasteiger partial charge in [0.15, 0.2) is 0 Å². The number of unbranched alkanes of at least 4 members (excludes halogenated alkanes) is 3. The summed E-state index contributed by atoms with van der Waals surface area (Å²) in [7, 11) is -4.48. The fourth-order valence-electron chi connectivity index (χ4n) is 0.617. The van der Waals surface area contributed by atoms with E-state index in [1.807, 2.05) is 0 Å². The second-order valence-electron chi connectivity index (χ2n) is 2.14. The molecule has 5 nitrogen and oxygen atoms in total. The van der Waals surface area contributed by atoms with Crippen molar-refractivity contribution >= 4 is 10.4 Å². The minimum Gasteiger partial charge on any atom is -0.726 e. The molecule has 0 saturated heterocycles. The van der Waals surface area contributed by atoms with Crippen LogP contribution in [0.3, 0.4) is 0 Å². The van der Waals surface area contributed by atoms with Crippen molar-refractivity contribution in [3.8, 4) is 0 Å². The second kappa shape index (κ2) is 10.5. The Morgan fingerprint density at radius 2 is 1.77 bits per heavy atom. The summed E-state index contributed by atoms with van der Waals surface area (Å²) in [5, 5.41) is 0. The van der Waals surface area contributed by atoms with Crippen LogP contribution in [0.4, 0.5) is 0 Å². The predicted molar refractivity (Wildman–Crippen MR) is 43.1 cm³/mol. The Balaban J connectivity index is -0.000000500. The van der Waals surface area contributed by atoms with Gasteiger partial charge in [-0.05, 0) is 6.42 Å². The van der Waals surface area contributed by atoms with E-state index in [0.717, 1.165) is 19.3 Å². The molecule has 0 bridgehead atoms. The molecule has 0 aliphatic carbocycles. The van der Waals surface area contributed by atoms with Gasteiger partial charge in [-0.2, -0.15) is 6.42 Å². The molecule has 0 amide bonds. The van der Waals surface area contributed by atoms with Gasteiger partial charge in [0, 0.05) is 0 Å². The average molecular weight is 264 g/mol. The van der Waals surface area contributed by atoms with Crippen molar-refractivity contribution in [1.29, 1.82) is 0 Å². The molecule has 0 aliphatic heterocycles. The number of hydrogen-bond acceptors (Lipinski definition) is 4. The fraction of sp³-hybridized carbons (Fsp3) is 0.833. The number of rotatable bonds is 6. The second-order valence-corrected chi connectivity index (χ2v) is 3.20. The van der Waals surface area contributed by atoms with E-state index >= 15 is 0 Å². The van der Waals surface area contributed by atoms with Crippen LogP contribution < -0.4 is 0 Å². The van der Waals surface area contributed by atoms with Gasteiger partial charge >= 0.3 is 19.5 Å². The Hall–Kier alpha value is 0.453. The van der Waals surface area contributed by atoms with Gasteiger partial charge < -0.3 is 17.0 Å². The summed E-state index contributed by atoms with van der Waals surface area (Å²) in [5.74, 6) is 0. The molecule has 0 atom stereocenters. The monoisotopic (exact) mass is 262 g/mol. The zero-order valence-electron chi connectivity index (χ0n) is 7.49. The minimum absolute atomic E-state index is 0. The van der Waals surface area contributed by atoms with Gasteiger partial charge in [-0.15, -0.1) is 0 Å². The third kappa shape index (κ3) is 19.0. The van der Waals surface area contributed by atoms with Crippen LogP contribution in [0, 0.1) is 6.92 Å². The summed E-state index contributed by atoms with van der Waals surface area (Å²) in [4.78, 5) is 0. The van der Waals surface area contributed by atoms with E-state index in [1.54, 1.807) is 0 Å². The molecule has 0 heterocycles. The molecule has 2 N–H and O–H groups in total. The molecule has 0 unspecified atom stereocenters. The SMILES string of the molecule is O.[CH2-]CCCCCOS(=O)(=O)[O-].[Zn+2]. The molecular weight excluding hydrogens is 250 g/mol. The van der Waals surface area contributed by atoms with E-state index in [-0.39, 0.29) is 31.6 Å². The van der Waals surface area contributed by atoms with Crippen molar-refractivity contribution in [1.82, 2.24) is 0 Å². The van der Waals surface area contributed by atoms with Crippen LogP contribution in [0.5, 0.6) is 0 Å². The Kier molecular flexibility index (Phi) is 15.5. The molecular formula is C6H14O5SZn. The van der Waals surface area contributed by atoms with Crippen molar-refractivity contribution < 1.29 is 42.1 Å². The zero-order chi connectivity index (χ0) is 8.74. The molecule has 0 aliphatic rings. The van der Waals surface area contributed by atoms with Gasteiger partial charge in [-0.3, -0.25) is 4.18 Å². The van der Waals surface area contributed by atoms with Gasteiger partial charge in [-0.25, -0.2) is 8.42 Å². The zero-order valence-corrected chi connectivity index (χ0v) is 11.3. The summed E-state index contributed by atoms with van der Waals surface area (Å²) in [5.41, 5.74) is 0. The van der Waals surface area contributed by atoms with Crippen molar-refractivity contribution in [3.05, 3.63) is 6.92 Å². The van der Waals surface area contributed by atoms with Crippen LogP contribution in [0.2, 0.25) is 0 Å². The van der Waals surface area contributed by atoms with Crippen molar-refractivity contribution in [2.45, 2.75) is 25.7 Å². The molecule has 0 saturated carbocycles. The predicted octanol–water partition coefficient (Wildman–Crippen LogP) is 0.0305. The van der Waals surface area contributed by atoms with Gasteiger partial charge in [0.25, 0.3) is 0 Å². The van der Waals surface area contributed by atoms with E-state index in [1.165, 1.54) is 0 Å². The van der Waals surface area contributed by atoms with E-state index in [9.17, 15) is 13.0 Å². The van der Waals surface area contributed by atoms with E-state index in [0.29, 0.717) is 6.42 Å². The van der Waals surface area contributed by atoms with Crippen LogP contribution in [0.1, 0.15) is 25.7 Å². The summed E-state index contributed by atoms with van der Waals surface area (Å²) in [6.45, 7) is 3.60. The molecule has 0 fully saturated rings. The topological polar surface area (TPSA) is 97.9 Å². The molecule has 76 valence electrons. The Bertz CT molecular complexity index is 179. The van der Waals surface area contributed by atoms with Crippen molar-refractivity contribution in [2.24, 2.45) is 0 Å². The smallest absolute Gasteiger partial charge is 0.726 e. The molecule has 7 heteroatoms. The maximum Gasteiger partial charge on any atom is 2.00 e. The van der Waals surface area contributed by atoms with Crippen LogP contribution in [0.25, 0.3) is 0 Å². The summed E-state index contributed by atoms with van der Waals surface area (Å²) in [6, 6.07) is 0. The van der Waals surface area contributed by atoms with Crippen LogP contribution in [-0.4, -0.2) is 25.1 Å². The quantitative estimate of drug-likeness (QED) is 0.222. The largest absolute Gasteiger partial charge is 2.00 e. The van der Waals surface area contributed by atoms with Crippen LogP contribution in [-0.2, 0) is 34.1 Å². The maximum atomic E-state index is 9.87. The third-order valence-electron chi connectivity index (χ3n) is 1.12.